The van der Waals surface area contributed by atoms with Gasteiger partial charge in [-0.3, -0.25) is 4.79 Å². The van der Waals surface area contributed by atoms with Crippen LogP contribution in [0.2, 0.25) is 0 Å². The molecule has 0 spiro atoms. The molecule has 5 heteroatoms. The fourth-order valence-electron chi connectivity index (χ4n) is 1.80. The fraction of sp³-hybridized carbons (Fsp3) is 0.267. The van der Waals surface area contributed by atoms with E-state index in [1.807, 2.05) is 24.3 Å². The monoisotopic (exact) mass is 272 g/mol. The van der Waals surface area contributed by atoms with Crippen LogP contribution in [-0.4, -0.2) is 27.5 Å². The lowest BCUT2D eigenvalue weighted by Crippen LogP contribution is -2.51. The van der Waals surface area contributed by atoms with E-state index >= 15 is 0 Å². The molecule has 2 N–H and O–H groups in total. The second kappa shape index (κ2) is 5.28. The summed E-state index contributed by atoms with van der Waals surface area (Å²) in [5.74, 6) is -1.54. The van der Waals surface area contributed by atoms with E-state index in [0.717, 1.165) is 5.39 Å². The number of carboxylic acids is 1. The molecule has 20 heavy (non-hydrogen) atoms. The smallest absolute Gasteiger partial charge is 0.329 e. The summed E-state index contributed by atoms with van der Waals surface area (Å²) in [5.41, 5.74) is -0.372. The van der Waals surface area contributed by atoms with E-state index in [9.17, 15) is 9.59 Å². The van der Waals surface area contributed by atoms with Crippen molar-refractivity contribution in [3.05, 3.63) is 42.1 Å². The Labute approximate surface area is 116 Å². The highest BCUT2D eigenvalue weighted by Gasteiger charge is 2.33. The lowest BCUT2D eigenvalue weighted by molar-refractivity contribution is -0.143. The number of pyridine rings is 1. The second-order valence-corrected chi connectivity index (χ2v) is 4.83. The van der Waals surface area contributed by atoms with Crippen LogP contribution in [0.1, 0.15) is 30.8 Å². The summed E-state index contributed by atoms with van der Waals surface area (Å²) in [6.45, 7) is 3.19. The van der Waals surface area contributed by atoms with E-state index in [1.54, 1.807) is 19.1 Å². The Balaban J connectivity index is 2.29. The van der Waals surface area contributed by atoms with Crippen LogP contribution in [0.5, 0.6) is 0 Å². The van der Waals surface area contributed by atoms with Gasteiger partial charge in [0.2, 0.25) is 0 Å². The molecule has 1 aromatic heterocycles. The number of nitrogens with zero attached hydrogens (tertiary/aromatic N) is 1. The molecule has 0 radical (unpaired) electrons. The first-order chi connectivity index (χ1) is 9.46. The Morgan fingerprint density at radius 2 is 1.95 bits per heavy atom. The van der Waals surface area contributed by atoms with Crippen molar-refractivity contribution in [2.45, 2.75) is 25.8 Å². The predicted molar refractivity (Wildman–Crippen MR) is 75.5 cm³/mol. The highest BCUT2D eigenvalue weighted by Crippen LogP contribution is 2.14. The first-order valence-corrected chi connectivity index (χ1v) is 6.38. The van der Waals surface area contributed by atoms with E-state index in [4.69, 9.17) is 5.11 Å². The number of benzene rings is 1. The molecular formula is C15H16N2O3. The predicted octanol–water partition coefficient (Wildman–Crippen LogP) is 2.22. The normalized spacial score (nSPS) is 13.7. The van der Waals surface area contributed by atoms with Gasteiger partial charge >= 0.3 is 5.97 Å². The van der Waals surface area contributed by atoms with Crippen LogP contribution in [-0.2, 0) is 4.79 Å². The number of aromatic nitrogens is 1. The second-order valence-electron chi connectivity index (χ2n) is 4.83. The number of carboxylic acid groups (broad SMARTS) is 1. The number of carbonyl (C=O) groups excluding carboxylic acids is 1. The number of para-hydroxylation sites is 1. The first kappa shape index (κ1) is 14.0. The maximum absolute atomic E-state index is 12.1. The number of nitrogens with one attached hydrogen (secondary N) is 1. The molecule has 1 amide bonds. The van der Waals surface area contributed by atoms with E-state index in [-0.39, 0.29) is 5.69 Å². The van der Waals surface area contributed by atoms with Crippen molar-refractivity contribution in [1.82, 2.24) is 10.3 Å². The molecule has 1 unspecified atom stereocenters. The summed E-state index contributed by atoms with van der Waals surface area (Å²) in [6.07, 6.45) is 0.293. The number of hydrogen-bond acceptors (Lipinski definition) is 3. The number of rotatable bonds is 4. The van der Waals surface area contributed by atoms with Gasteiger partial charge in [0, 0.05) is 5.39 Å². The van der Waals surface area contributed by atoms with Gasteiger partial charge in [0.1, 0.15) is 11.2 Å². The minimum Gasteiger partial charge on any atom is -0.480 e. The summed E-state index contributed by atoms with van der Waals surface area (Å²) >= 11 is 0. The van der Waals surface area contributed by atoms with Crippen molar-refractivity contribution in [3.8, 4) is 0 Å². The van der Waals surface area contributed by atoms with Gasteiger partial charge in [-0.2, -0.15) is 0 Å². The molecule has 0 aliphatic heterocycles. The molecule has 0 fully saturated rings. The molecule has 0 aliphatic rings. The summed E-state index contributed by atoms with van der Waals surface area (Å²) < 4.78 is 0. The molecule has 1 atom stereocenters. The quantitative estimate of drug-likeness (QED) is 0.894. The molecule has 5 nitrogen and oxygen atoms in total. The Morgan fingerprint density at radius 1 is 1.25 bits per heavy atom. The largest absolute Gasteiger partial charge is 0.480 e. The molecule has 0 aliphatic carbocycles. The topological polar surface area (TPSA) is 79.3 Å². The number of carbonyl (C=O) groups is 2. The zero-order valence-electron chi connectivity index (χ0n) is 11.4. The van der Waals surface area contributed by atoms with Crippen LogP contribution in [0.4, 0.5) is 0 Å². The number of aliphatic carboxylic acids is 1. The highest BCUT2D eigenvalue weighted by molar-refractivity contribution is 5.97. The molecule has 1 heterocycles. The van der Waals surface area contributed by atoms with Gasteiger partial charge in [-0.15, -0.1) is 0 Å². The number of hydrogen-bond donors (Lipinski definition) is 2. The van der Waals surface area contributed by atoms with Crippen LogP contribution in [0.25, 0.3) is 10.9 Å². The van der Waals surface area contributed by atoms with Gasteiger partial charge < -0.3 is 10.4 Å². The van der Waals surface area contributed by atoms with Gasteiger partial charge in [0.05, 0.1) is 5.52 Å². The molecule has 104 valence electrons. The Bertz CT molecular complexity index is 669. The van der Waals surface area contributed by atoms with Crippen molar-refractivity contribution < 1.29 is 14.7 Å². The summed E-state index contributed by atoms with van der Waals surface area (Å²) in [4.78, 5) is 27.6. The third-order valence-corrected chi connectivity index (χ3v) is 3.40. The van der Waals surface area contributed by atoms with Crippen LogP contribution in [0, 0.1) is 0 Å². The maximum atomic E-state index is 12.1. The highest BCUT2D eigenvalue weighted by atomic mass is 16.4. The molecule has 2 aromatic rings. The van der Waals surface area contributed by atoms with Gasteiger partial charge in [0.15, 0.2) is 0 Å². The van der Waals surface area contributed by atoms with Crippen molar-refractivity contribution >= 4 is 22.8 Å². The minimum atomic E-state index is -1.29. The zero-order valence-corrected chi connectivity index (χ0v) is 11.4. The van der Waals surface area contributed by atoms with E-state index in [1.165, 1.54) is 6.92 Å². The van der Waals surface area contributed by atoms with Gasteiger partial charge in [0.25, 0.3) is 5.91 Å². The standard InChI is InChI=1S/C15H16N2O3/c1-3-15(2,14(19)20)17-13(18)12-9-8-10-6-4-5-7-11(10)16-12/h4-9H,3H2,1-2H3,(H,17,18)(H,19,20). The third kappa shape index (κ3) is 2.61. The third-order valence-electron chi connectivity index (χ3n) is 3.40. The average Bonchev–Trinajstić information content (AvgIpc) is 2.46. The van der Waals surface area contributed by atoms with E-state index < -0.39 is 17.4 Å². The zero-order chi connectivity index (χ0) is 14.8. The maximum Gasteiger partial charge on any atom is 0.329 e. The van der Waals surface area contributed by atoms with Crippen molar-refractivity contribution in [1.29, 1.82) is 0 Å². The Hall–Kier alpha value is -2.43. The number of fused-ring (bicyclic) bond motifs is 1. The molecule has 0 saturated carbocycles. The van der Waals surface area contributed by atoms with Crippen molar-refractivity contribution in [2.24, 2.45) is 0 Å². The fourth-order valence-corrected chi connectivity index (χ4v) is 1.80. The van der Waals surface area contributed by atoms with Crippen LogP contribution in [0.3, 0.4) is 0 Å². The summed E-state index contributed by atoms with van der Waals surface area (Å²) in [6, 6.07) is 10.8. The molecule has 0 bridgehead atoms. The van der Waals surface area contributed by atoms with Gasteiger partial charge in [-0.25, -0.2) is 9.78 Å². The first-order valence-electron chi connectivity index (χ1n) is 6.38. The van der Waals surface area contributed by atoms with E-state index in [0.29, 0.717) is 11.9 Å². The average molecular weight is 272 g/mol. The molecular weight excluding hydrogens is 256 g/mol. The van der Waals surface area contributed by atoms with Crippen molar-refractivity contribution in [3.63, 3.8) is 0 Å². The molecule has 2 rings (SSSR count). The molecule has 1 aromatic carbocycles. The lowest BCUT2D eigenvalue weighted by Gasteiger charge is -2.24. The summed E-state index contributed by atoms with van der Waals surface area (Å²) in [5, 5.41) is 12.6. The lowest BCUT2D eigenvalue weighted by atomic mass is 9.99. The Morgan fingerprint density at radius 3 is 2.60 bits per heavy atom. The van der Waals surface area contributed by atoms with Gasteiger partial charge in [-0.05, 0) is 25.5 Å². The Kier molecular flexibility index (Phi) is 3.70. The minimum absolute atomic E-state index is 0.213. The molecule has 0 saturated heterocycles. The summed E-state index contributed by atoms with van der Waals surface area (Å²) in [7, 11) is 0. The van der Waals surface area contributed by atoms with Crippen LogP contribution < -0.4 is 5.32 Å². The van der Waals surface area contributed by atoms with Crippen molar-refractivity contribution in [2.75, 3.05) is 0 Å². The van der Waals surface area contributed by atoms with E-state index in [2.05, 4.69) is 10.3 Å². The van der Waals surface area contributed by atoms with Gasteiger partial charge in [-0.1, -0.05) is 31.2 Å². The number of amides is 1. The van der Waals surface area contributed by atoms with Crippen LogP contribution in [0.15, 0.2) is 36.4 Å². The SMILES string of the molecule is CCC(C)(NC(=O)c1ccc2ccccc2n1)C(=O)O. The van der Waals surface area contributed by atoms with Crippen LogP contribution >= 0.6 is 0 Å².